The number of nitrogens with zero attached hydrogens (tertiary/aromatic N) is 2. The summed E-state index contributed by atoms with van der Waals surface area (Å²) in [5.41, 5.74) is 2.09. The molecule has 4 aliphatic rings. The van der Waals surface area contributed by atoms with Gasteiger partial charge in [-0.25, -0.2) is 12.8 Å². The van der Waals surface area contributed by atoms with Crippen molar-refractivity contribution in [2.24, 2.45) is 17.8 Å². The Bertz CT molecular complexity index is 1360. The van der Waals surface area contributed by atoms with Gasteiger partial charge in [0.2, 0.25) is 21.8 Å². The molecule has 1 atom stereocenters. The molecule has 1 N–H and O–H groups in total. The summed E-state index contributed by atoms with van der Waals surface area (Å²) in [4.78, 5) is 27.9. The minimum atomic E-state index is -3.84. The van der Waals surface area contributed by atoms with E-state index in [1.54, 1.807) is 37.3 Å². The second-order valence-electron chi connectivity index (χ2n) is 13.0. The van der Waals surface area contributed by atoms with Gasteiger partial charge < -0.3 is 10.2 Å². The number of amides is 2. The minimum Gasteiger partial charge on any atom is -0.352 e. The van der Waals surface area contributed by atoms with Gasteiger partial charge in [-0.1, -0.05) is 30.3 Å². The molecular weight excluding hydrogens is 541 g/mol. The van der Waals surface area contributed by atoms with Crippen LogP contribution in [0.1, 0.15) is 70.4 Å². The molecule has 0 saturated heterocycles. The van der Waals surface area contributed by atoms with Crippen LogP contribution in [-0.4, -0.2) is 50.0 Å². The second kappa shape index (κ2) is 11.4. The van der Waals surface area contributed by atoms with Crippen molar-refractivity contribution in [3.8, 4) is 0 Å². The molecule has 4 fully saturated rings. The highest BCUT2D eigenvalue weighted by Crippen LogP contribution is 2.60. The summed E-state index contributed by atoms with van der Waals surface area (Å²) in [7, 11) is -3.84. The fourth-order valence-corrected chi connectivity index (χ4v) is 8.71. The molecule has 4 saturated carbocycles. The Morgan fingerprint density at radius 3 is 2.02 bits per heavy atom. The van der Waals surface area contributed by atoms with E-state index in [-0.39, 0.29) is 23.6 Å². The molecule has 2 amide bonds. The first-order valence-electron chi connectivity index (χ1n) is 14.8. The first kappa shape index (κ1) is 29.5. The van der Waals surface area contributed by atoms with E-state index in [4.69, 9.17) is 0 Å². The molecular formula is C32H42FN3O4S. The van der Waals surface area contributed by atoms with Crippen molar-refractivity contribution in [1.29, 1.82) is 0 Å². The molecule has 6 rings (SSSR count). The zero-order valence-electron chi connectivity index (χ0n) is 24.5. The standard InChI is InChI=1S/C32H42FN3O4S/c1-21(2)34-31(38)22(3)35(19-26-7-5-6-8-29(26)33)30(37)20-36(41(4,39)40)28-11-9-27(10-12-28)32-16-23-13-24(17-32)15-25(14-23)18-32/h5-12,21-25H,13-20H2,1-4H3,(H,34,38)/t22-,23?,24?,25?,32?/m1/s1. The highest BCUT2D eigenvalue weighted by molar-refractivity contribution is 7.92. The summed E-state index contributed by atoms with van der Waals surface area (Å²) in [5, 5.41) is 2.80. The number of carbonyl (C=O) groups is 2. The van der Waals surface area contributed by atoms with E-state index < -0.39 is 40.2 Å². The third-order valence-electron chi connectivity index (χ3n) is 9.38. The first-order valence-corrected chi connectivity index (χ1v) is 16.6. The van der Waals surface area contributed by atoms with Crippen LogP contribution in [0.15, 0.2) is 48.5 Å². The predicted octanol–water partition coefficient (Wildman–Crippen LogP) is 5.00. The largest absolute Gasteiger partial charge is 0.352 e. The molecule has 0 heterocycles. The van der Waals surface area contributed by atoms with Crippen LogP contribution in [0.4, 0.5) is 10.1 Å². The minimum absolute atomic E-state index is 0.157. The number of carbonyl (C=O) groups excluding carboxylic acids is 2. The molecule has 0 radical (unpaired) electrons. The Kier molecular flexibility index (Phi) is 8.21. The van der Waals surface area contributed by atoms with Gasteiger partial charge in [0, 0.05) is 18.2 Å². The lowest BCUT2D eigenvalue weighted by atomic mass is 9.48. The van der Waals surface area contributed by atoms with Crippen LogP contribution in [0.5, 0.6) is 0 Å². The number of sulfonamides is 1. The monoisotopic (exact) mass is 583 g/mol. The molecule has 9 heteroatoms. The molecule has 4 aliphatic carbocycles. The predicted molar refractivity (Wildman–Crippen MR) is 158 cm³/mol. The number of benzene rings is 2. The lowest BCUT2D eigenvalue weighted by Gasteiger charge is -2.57. The van der Waals surface area contributed by atoms with Crippen molar-refractivity contribution in [1.82, 2.24) is 10.2 Å². The third-order valence-corrected chi connectivity index (χ3v) is 10.5. The third kappa shape index (κ3) is 6.30. The smallest absolute Gasteiger partial charge is 0.244 e. The molecule has 41 heavy (non-hydrogen) atoms. The number of halogens is 1. The van der Waals surface area contributed by atoms with Crippen molar-refractivity contribution in [2.45, 2.75) is 83.3 Å². The van der Waals surface area contributed by atoms with Crippen molar-refractivity contribution in [2.75, 3.05) is 17.1 Å². The average molecular weight is 584 g/mol. The summed E-state index contributed by atoms with van der Waals surface area (Å²) in [6.45, 7) is 4.53. The number of anilines is 1. The Hall–Kier alpha value is -2.94. The topological polar surface area (TPSA) is 86.8 Å². The van der Waals surface area contributed by atoms with Crippen molar-refractivity contribution < 1.29 is 22.4 Å². The maximum atomic E-state index is 14.6. The molecule has 222 valence electrons. The zero-order chi connectivity index (χ0) is 29.5. The van der Waals surface area contributed by atoms with Gasteiger partial charge in [-0.15, -0.1) is 0 Å². The van der Waals surface area contributed by atoms with E-state index in [0.29, 0.717) is 5.69 Å². The van der Waals surface area contributed by atoms with Crippen LogP contribution in [0.25, 0.3) is 0 Å². The van der Waals surface area contributed by atoms with Crippen LogP contribution < -0.4 is 9.62 Å². The van der Waals surface area contributed by atoms with Crippen LogP contribution in [0.2, 0.25) is 0 Å². The second-order valence-corrected chi connectivity index (χ2v) is 14.9. The van der Waals surface area contributed by atoms with E-state index in [1.165, 1.54) is 55.1 Å². The van der Waals surface area contributed by atoms with Crippen LogP contribution in [-0.2, 0) is 31.6 Å². The number of nitrogens with one attached hydrogen (secondary N) is 1. The Labute approximate surface area is 243 Å². The molecule has 2 aromatic rings. The molecule has 0 aromatic heterocycles. The van der Waals surface area contributed by atoms with E-state index in [2.05, 4.69) is 5.32 Å². The molecule has 2 aromatic carbocycles. The van der Waals surface area contributed by atoms with E-state index >= 15 is 0 Å². The summed E-state index contributed by atoms with van der Waals surface area (Å²) in [5.74, 6) is 0.900. The van der Waals surface area contributed by atoms with Crippen LogP contribution in [0, 0.1) is 23.6 Å². The molecule has 7 nitrogen and oxygen atoms in total. The van der Waals surface area contributed by atoms with Crippen molar-refractivity contribution in [3.05, 3.63) is 65.5 Å². The van der Waals surface area contributed by atoms with Gasteiger partial charge in [0.25, 0.3) is 0 Å². The number of hydrogen-bond acceptors (Lipinski definition) is 4. The SMILES string of the molecule is CC(C)NC(=O)[C@@H](C)N(Cc1ccccc1F)C(=O)CN(c1ccc(C23CC4CC(CC(C4)C2)C3)cc1)S(C)(=O)=O. The van der Waals surface area contributed by atoms with Gasteiger partial charge in [0.15, 0.2) is 0 Å². The van der Waals surface area contributed by atoms with Gasteiger partial charge in [0.05, 0.1) is 11.9 Å². The van der Waals surface area contributed by atoms with Crippen LogP contribution >= 0.6 is 0 Å². The Morgan fingerprint density at radius 2 is 1.51 bits per heavy atom. The van der Waals surface area contributed by atoms with Gasteiger partial charge in [0.1, 0.15) is 18.4 Å². The molecule has 0 unspecified atom stereocenters. The van der Waals surface area contributed by atoms with Gasteiger partial charge in [-0.05, 0) is 106 Å². The van der Waals surface area contributed by atoms with E-state index in [0.717, 1.165) is 28.3 Å². The van der Waals surface area contributed by atoms with Crippen molar-refractivity contribution >= 4 is 27.5 Å². The maximum Gasteiger partial charge on any atom is 0.244 e. The molecule has 0 spiro atoms. The highest BCUT2D eigenvalue weighted by Gasteiger charge is 2.51. The van der Waals surface area contributed by atoms with E-state index in [1.807, 2.05) is 26.0 Å². The Morgan fingerprint density at radius 1 is 0.951 bits per heavy atom. The van der Waals surface area contributed by atoms with Crippen molar-refractivity contribution in [3.63, 3.8) is 0 Å². The number of rotatable bonds is 10. The summed E-state index contributed by atoms with van der Waals surface area (Å²) in [6.07, 6.45) is 8.72. The summed E-state index contributed by atoms with van der Waals surface area (Å²) in [6, 6.07) is 12.7. The van der Waals surface area contributed by atoms with Gasteiger partial charge in [-0.2, -0.15) is 0 Å². The summed E-state index contributed by atoms with van der Waals surface area (Å²) >= 11 is 0. The maximum absolute atomic E-state index is 14.6. The number of hydrogen-bond donors (Lipinski definition) is 1. The zero-order valence-corrected chi connectivity index (χ0v) is 25.3. The highest BCUT2D eigenvalue weighted by atomic mass is 32.2. The average Bonchev–Trinajstić information content (AvgIpc) is 2.89. The molecule has 0 aliphatic heterocycles. The van der Waals surface area contributed by atoms with Crippen LogP contribution in [0.3, 0.4) is 0 Å². The lowest BCUT2D eigenvalue weighted by Crippen LogP contribution is -2.52. The lowest BCUT2D eigenvalue weighted by molar-refractivity contribution is -0.139. The first-order chi connectivity index (χ1) is 19.3. The normalized spacial score (nSPS) is 25.7. The fraction of sp³-hybridized carbons (Fsp3) is 0.562. The van der Waals surface area contributed by atoms with E-state index in [9.17, 15) is 22.4 Å². The quantitative estimate of drug-likeness (QED) is 0.427. The summed E-state index contributed by atoms with van der Waals surface area (Å²) < 4.78 is 41.6. The van der Waals surface area contributed by atoms with Gasteiger partial charge in [-0.3, -0.25) is 13.9 Å². The van der Waals surface area contributed by atoms with Gasteiger partial charge >= 0.3 is 0 Å². The molecule has 4 bridgehead atoms. The fourth-order valence-electron chi connectivity index (χ4n) is 7.86. The Balaban J connectivity index is 1.39.